The van der Waals surface area contributed by atoms with Crippen molar-refractivity contribution in [3.05, 3.63) is 35.4 Å². The molecule has 21 heavy (non-hydrogen) atoms. The van der Waals surface area contributed by atoms with E-state index in [-0.39, 0.29) is 0 Å². The molecule has 3 unspecified atom stereocenters. The Hall–Kier alpha value is -0.860. The highest BCUT2D eigenvalue weighted by molar-refractivity contribution is 5.32. The molecule has 2 nitrogen and oxygen atoms in total. The van der Waals surface area contributed by atoms with Crippen molar-refractivity contribution in [3.8, 4) is 0 Å². The van der Waals surface area contributed by atoms with Crippen molar-refractivity contribution in [2.24, 2.45) is 5.92 Å². The van der Waals surface area contributed by atoms with Gasteiger partial charge in [-0.15, -0.1) is 0 Å². The maximum absolute atomic E-state index is 10.5. The van der Waals surface area contributed by atoms with E-state index in [1.807, 2.05) is 0 Å². The van der Waals surface area contributed by atoms with E-state index >= 15 is 0 Å². The molecule has 0 aromatic heterocycles. The van der Waals surface area contributed by atoms with Crippen molar-refractivity contribution < 1.29 is 10.2 Å². The molecule has 1 fully saturated rings. The first-order valence-electron chi connectivity index (χ1n) is 8.69. The molecule has 0 radical (unpaired) electrons. The lowest BCUT2D eigenvalue weighted by atomic mass is 9.77. The Kier molecular flexibility index (Phi) is 4.97. The van der Waals surface area contributed by atoms with Gasteiger partial charge in [-0.1, -0.05) is 43.5 Å². The molecule has 2 aliphatic rings. The summed E-state index contributed by atoms with van der Waals surface area (Å²) in [7, 11) is 0. The second-order valence-corrected chi connectivity index (χ2v) is 6.98. The minimum atomic E-state index is -0.566. The topological polar surface area (TPSA) is 40.5 Å². The van der Waals surface area contributed by atoms with E-state index in [1.54, 1.807) is 0 Å². The smallest absolute Gasteiger partial charge is 0.0827 e. The van der Waals surface area contributed by atoms with Crippen LogP contribution in [-0.2, 0) is 6.42 Å². The van der Waals surface area contributed by atoms with Gasteiger partial charge < -0.3 is 10.2 Å². The van der Waals surface area contributed by atoms with Crippen LogP contribution in [0, 0.1) is 5.92 Å². The highest BCUT2D eigenvalue weighted by Crippen LogP contribution is 2.36. The summed E-state index contributed by atoms with van der Waals surface area (Å²) in [6, 6.07) is 8.62. The van der Waals surface area contributed by atoms with Crippen LogP contribution in [0.1, 0.15) is 68.4 Å². The van der Waals surface area contributed by atoms with Gasteiger partial charge in [0.15, 0.2) is 0 Å². The van der Waals surface area contributed by atoms with Crippen LogP contribution in [0.25, 0.3) is 0 Å². The molecule has 3 rings (SSSR count). The SMILES string of the molecule is OC(CC1CCCc2ccccc21)C(O)C1CCCCC1. The van der Waals surface area contributed by atoms with Crippen LogP contribution in [-0.4, -0.2) is 22.4 Å². The third kappa shape index (κ3) is 3.49. The molecule has 0 amide bonds. The van der Waals surface area contributed by atoms with Crippen LogP contribution in [0.2, 0.25) is 0 Å². The van der Waals surface area contributed by atoms with Gasteiger partial charge in [0.2, 0.25) is 0 Å². The van der Waals surface area contributed by atoms with Crippen molar-refractivity contribution >= 4 is 0 Å². The lowest BCUT2D eigenvalue weighted by molar-refractivity contribution is -0.0341. The monoisotopic (exact) mass is 288 g/mol. The minimum absolute atomic E-state index is 0.313. The zero-order chi connectivity index (χ0) is 14.7. The van der Waals surface area contributed by atoms with Gasteiger partial charge in [0.1, 0.15) is 0 Å². The predicted molar refractivity (Wildman–Crippen MR) is 85.3 cm³/mol. The first-order chi connectivity index (χ1) is 10.3. The molecule has 116 valence electrons. The van der Waals surface area contributed by atoms with E-state index in [0.717, 1.165) is 25.7 Å². The van der Waals surface area contributed by atoms with Crippen LogP contribution in [0.15, 0.2) is 24.3 Å². The number of aliphatic hydroxyl groups excluding tert-OH is 2. The summed E-state index contributed by atoms with van der Waals surface area (Å²) in [5.74, 6) is 0.732. The number of aryl methyl sites for hydroxylation is 1. The Labute approximate surface area is 128 Å². The highest BCUT2D eigenvalue weighted by Gasteiger charge is 2.31. The summed E-state index contributed by atoms with van der Waals surface area (Å²) in [6.07, 6.45) is 9.00. The van der Waals surface area contributed by atoms with Crippen LogP contribution in [0.3, 0.4) is 0 Å². The first kappa shape index (κ1) is 15.1. The molecule has 2 N–H and O–H groups in total. The molecule has 0 bridgehead atoms. The minimum Gasteiger partial charge on any atom is -0.390 e. The fourth-order valence-corrected chi connectivity index (χ4v) is 4.32. The Balaban J connectivity index is 1.63. The average Bonchev–Trinajstić information content (AvgIpc) is 2.55. The Morgan fingerprint density at radius 1 is 0.952 bits per heavy atom. The zero-order valence-electron chi connectivity index (χ0n) is 12.9. The Bertz CT molecular complexity index is 451. The summed E-state index contributed by atoms with van der Waals surface area (Å²) >= 11 is 0. The van der Waals surface area contributed by atoms with Gasteiger partial charge in [0.25, 0.3) is 0 Å². The molecule has 2 heteroatoms. The van der Waals surface area contributed by atoms with E-state index in [2.05, 4.69) is 24.3 Å². The Morgan fingerprint density at radius 3 is 2.52 bits per heavy atom. The average molecular weight is 288 g/mol. The van der Waals surface area contributed by atoms with Crippen LogP contribution >= 0.6 is 0 Å². The summed E-state index contributed by atoms with van der Waals surface area (Å²) in [6.45, 7) is 0. The number of aliphatic hydroxyl groups is 2. The van der Waals surface area contributed by atoms with Gasteiger partial charge in [-0.2, -0.15) is 0 Å². The molecule has 0 aliphatic heterocycles. The van der Waals surface area contributed by atoms with Crippen molar-refractivity contribution in [2.75, 3.05) is 0 Å². The molecular formula is C19H28O2. The maximum Gasteiger partial charge on any atom is 0.0827 e. The number of fused-ring (bicyclic) bond motifs is 1. The zero-order valence-corrected chi connectivity index (χ0v) is 12.9. The fraction of sp³-hybridized carbons (Fsp3) is 0.684. The lowest BCUT2D eigenvalue weighted by Gasteiger charge is -2.33. The standard InChI is InChI=1S/C19H28O2/c20-18(19(21)15-8-2-1-3-9-15)13-16-11-6-10-14-7-4-5-12-17(14)16/h4-5,7,12,15-16,18-21H,1-3,6,8-11,13H2. The molecule has 0 heterocycles. The molecular weight excluding hydrogens is 260 g/mol. The summed E-state index contributed by atoms with van der Waals surface area (Å²) in [5.41, 5.74) is 2.84. The molecule has 1 saturated carbocycles. The van der Waals surface area contributed by atoms with Crippen LogP contribution in [0.4, 0.5) is 0 Å². The third-order valence-electron chi connectivity index (χ3n) is 5.55. The second-order valence-electron chi connectivity index (χ2n) is 6.98. The van der Waals surface area contributed by atoms with Crippen molar-refractivity contribution in [3.63, 3.8) is 0 Å². The molecule has 0 saturated heterocycles. The summed E-state index contributed by atoms with van der Waals surface area (Å²) in [5, 5.41) is 21.0. The van der Waals surface area contributed by atoms with E-state index in [1.165, 1.54) is 36.8 Å². The largest absolute Gasteiger partial charge is 0.390 e. The number of hydrogen-bond acceptors (Lipinski definition) is 2. The van der Waals surface area contributed by atoms with Gasteiger partial charge in [0.05, 0.1) is 12.2 Å². The van der Waals surface area contributed by atoms with Gasteiger partial charge in [-0.25, -0.2) is 0 Å². The van der Waals surface area contributed by atoms with Crippen LogP contribution in [0.5, 0.6) is 0 Å². The number of rotatable bonds is 4. The number of benzene rings is 1. The van der Waals surface area contributed by atoms with E-state index < -0.39 is 12.2 Å². The second kappa shape index (κ2) is 6.93. The van der Waals surface area contributed by atoms with Gasteiger partial charge in [0, 0.05) is 0 Å². The lowest BCUT2D eigenvalue weighted by Crippen LogP contribution is -2.36. The predicted octanol–water partition coefficient (Wildman–Crippen LogP) is 3.80. The van der Waals surface area contributed by atoms with Gasteiger partial charge >= 0.3 is 0 Å². The molecule has 1 aromatic rings. The maximum atomic E-state index is 10.5. The first-order valence-corrected chi connectivity index (χ1v) is 8.69. The quantitative estimate of drug-likeness (QED) is 0.884. The molecule has 2 aliphatic carbocycles. The van der Waals surface area contributed by atoms with Crippen LogP contribution < -0.4 is 0 Å². The van der Waals surface area contributed by atoms with Crippen molar-refractivity contribution in [1.29, 1.82) is 0 Å². The van der Waals surface area contributed by atoms with E-state index in [9.17, 15) is 10.2 Å². The molecule has 1 aromatic carbocycles. The van der Waals surface area contributed by atoms with Crippen molar-refractivity contribution in [2.45, 2.75) is 75.9 Å². The summed E-state index contributed by atoms with van der Waals surface area (Å²) < 4.78 is 0. The summed E-state index contributed by atoms with van der Waals surface area (Å²) in [4.78, 5) is 0. The molecule has 3 atom stereocenters. The van der Waals surface area contributed by atoms with Crippen molar-refractivity contribution in [1.82, 2.24) is 0 Å². The fourth-order valence-electron chi connectivity index (χ4n) is 4.32. The van der Waals surface area contributed by atoms with Gasteiger partial charge in [-0.3, -0.25) is 0 Å². The number of hydrogen-bond donors (Lipinski definition) is 2. The highest BCUT2D eigenvalue weighted by atomic mass is 16.3. The Morgan fingerprint density at radius 2 is 1.71 bits per heavy atom. The normalized spacial score (nSPS) is 26.1. The van der Waals surface area contributed by atoms with E-state index in [0.29, 0.717) is 18.3 Å². The third-order valence-corrected chi connectivity index (χ3v) is 5.55. The van der Waals surface area contributed by atoms with E-state index in [4.69, 9.17) is 0 Å². The van der Waals surface area contributed by atoms with Gasteiger partial charge in [-0.05, 0) is 61.5 Å². The molecule has 0 spiro atoms.